The zero-order chi connectivity index (χ0) is 14.4. The maximum atomic E-state index is 9.90. The summed E-state index contributed by atoms with van der Waals surface area (Å²) in [7, 11) is 0. The second kappa shape index (κ2) is 7.62. The molecule has 1 unspecified atom stereocenters. The van der Waals surface area contributed by atoms with Crippen LogP contribution in [0.15, 0.2) is 24.3 Å². The van der Waals surface area contributed by atoms with Gasteiger partial charge in [-0.3, -0.25) is 4.90 Å². The van der Waals surface area contributed by atoms with E-state index in [0.717, 1.165) is 38.0 Å². The summed E-state index contributed by atoms with van der Waals surface area (Å²) < 4.78 is 5.68. The van der Waals surface area contributed by atoms with E-state index < -0.39 is 0 Å². The molecular weight excluding hydrogens is 254 g/mol. The Kier molecular flexibility index (Phi) is 5.83. The van der Waals surface area contributed by atoms with Gasteiger partial charge in [-0.2, -0.15) is 0 Å². The molecule has 2 rings (SSSR count). The number of ether oxygens (including phenoxy) is 1. The van der Waals surface area contributed by atoms with E-state index in [9.17, 15) is 10.2 Å². The monoisotopic (exact) mass is 279 g/mol. The lowest BCUT2D eigenvalue weighted by atomic mass is 10.1. The number of phenolic OH excluding ortho intramolecular Hbond substituents is 1. The minimum Gasteiger partial charge on any atom is -0.508 e. The third-order valence-corrected chi connectivity index (χ3v) is 3.81. The Morgan fingerprint density at radius 3 is 2.85 bits per heavy atom. The molecular formula is C16H25NO3. The lowest BCUT2D eigenvalue weighted by molar-refractivity contribution is 0.0452. The molecule has 4 heteroatoms. The summed E-state index contributed by atoms with van der Waals surface area (Å²) in [6.45, 7) is 4.89. The minimum absolute atomic E-state index is 0.255. The van der Waals surface area contributed by atoms with Gasteiger partial charge < -0.3 is 14.9 Å². The van der Waals surface area contributed by atoms with Crippen LogP contribution in [0, 0.1) is 0 Å². The first kappa shape index (κ1) is 15.3. The molecule has 1 aromatic carbocycles. The van der Waals surface area contributed by atoms with E-state index in [-0.39, 0.29) is 12.2 Å². The molecule has 0 amide bonds. The predicted molar refractivity (Wildman–Crippen MR) is 78.7 cm³/mol. The Labute approximate surface area is 121 Å². The fraction of sp³-hybridized carbons (Fsp3) is 0.625. The zero-order valence-electron chi connectivity index (χ0n) is 12.2. The van der Waals surface area contributed by atoms with Crippen molar-refractivity contribution in [3.63, 3.8) is 0 Å². The summed E-state index contributed by atoms with van der Waals surface area (Å²) in [5.74, 6) is 0.316. The van der Waals surface area contributed by atoms with Crippen LogP contribution in [-0.2, 0) is 11.3 Å². The number of para-hydroxylation sites is 1. The van der Waals surface area contributed by atoms with Gasteiger partial charge in [0.05, 0.1) is 12.2 Å². The molecule has 1 aliphatic rings. The molecule has 4 nitrogen and oxygen atoms in total. The van der Waals surface area contributed by atoms with Crippen molar-refractivity contribution in [2.24, 2.45) is 0 Å². The third-order valence-electron chi connectivity index (χ3n) is 3.81. The Bertz CT molecular complexity index is 404. The molecule has 1 heterocycles. The van der Waals surface area contributed by atoms with Crippen molar-refractivity contribution in [1.82, 2.24) is 4.90 Å². The van der Waals surface area contributed by atoms with Crippen molar-refractivity contribution in [3.8, 4) is 5.75 Å². The first-order valence-corrected chi connectivity index (χ1v) is 7.48. The van der Waals surface area contributed by atoms with Gasteiger partial charge >= 0.3 is 0 Å². The number of aliphatic hydroxyl groups excluding tert-OH is 1. The molecule has 0 saturated carbocycles. The summed E-state index contributed by atoms with van der Waals surface area (Å²) in [4.78, 5) is 2.18. The first-order chi connectivity index (χ1) is 9.69. The van der Waals surface area contributed by atoms with E-state index >= 15 is 0 Å². The molecule has 1 aliphatic heterocycles. The highest BCUT2D eigenvalue weighted by molar-refractivity contribution is 5.31. The maximum absolute atomic E-state index is 9.90. The van der Waals surface area contributed by atoms with Crippen LogP contribution in [0.1, 0.15) is 31.7 Å². The van der Waals surface area contributed by atoms with Crippen molar-refractivity contribution < 1.29 is 14.9 Å². The fourth-order valence-electron chi connectivity index (χ4n) is 2.59. The Balaban J connectivity index is 1.99. The number of benzene rings is 1. The summed E-state index contributed by atoms with van der Waals surface area (Å²) in [5, 5.41) is 19.8. The van der Waals surface area contributed by atoms with Crippen LogP contribution in [0.4, 0.5) is 0 Å². The zero-order valence-corrected chi connectivity index (χ0v) is 12.2. The highest BCUT2D eigenvalue weighted by Gasteiger charge is 2.21. The molecule has 0 aliphatic carbocycles. The van der Waals surface area contributed by atoms with Crippen LogP contribution in [0.25, 0.3) is 0 Å². The van der Waals surface area contributed by atoms with Gasteiger partial charge in [-0.1, -0.05) is 25.1 Å². The third kappa shape index (κ3) is 4.47. The first-order valence-electron chi connectivity index (χ1n) is 7.48. The number of aliphatic hydroxyl groups is 1. The molecule has 0 spiro atoms. The van der Waals surface area contributed by atoms with Gasteiger partial charge in [-0.15, -0.1) is 0 Å². The van der Waals surface area contributed by atoms with Crippen molar-refractivity contribution in [1.29, 1.82) is 0 Å². The number of rotatable bonds is 7. The average molecular weight is 279 g/mol. The van der Waals surface area contributed by atoms with Crippen molar-refractivity contribution in [3.05, 3.63) is 29.8 Å². The normalized spacial score (nSPS) is 20.4. The van der Waals surface area contributed by atoms with E-state index in [2.05, 4.69) is 4.90 Å². The SMILES string of the molecule is CC[C@@H](O)CN(Cc1ccccc1O)CC1CCCO1. The predicted octanol–water partition coefficient (Wildman–Crippen LogP) is 2.14. The molecule has 0 radical (unpaired) electrons. The number of phenols is 1. The lowest BCUT2D eigenvalue weighted by Gasteiger charge is -2.27. The molecule has 0 bridgehead atoms. The smallest absolute Gasteiger partial charge is 0.120 e. The maximum Gasteiger partial charge on any atom is 0.120 e. The van der Waals surface area contributed by atoms with E-state index in [1.165, 1.54) is 0 Å². The van der Waals surface area contributed by atoms with Gasteiger partial charge in [0.25, 0.3) is 0 Å². The van der Waals surface area contributed by atoms with Crippen LogP contribution in [0.3, 0.4) is 0 Å². The van der Waals surface area contributed by atoms with Crippen LogP contribution in [0.5, 0.6) is 5.75 Å². The lowest BCUT2D eigenvalue weighted by Crippen LogP contribution is -2.37. The van der Waals surface area contributed by atoms with Gasteiger partial charge in [0.15, 0.2) is 0 Å². The minimum atomic E-state index is -0.331. The van der Waals surface area contributed by atoms with E-state index in [1.54, 1.807) is 6.07 Å². The summed E-state index contributed by atoms with van der Waals surface area (Å²) in [5.41, 5.74) is 0.897. The molecule has 1 saturated heterocycles. The molecule has 1 fully saturated rings. The quantitative estimate of drug-likeness (QED) is 0.803. The van der Waals surface area contributed by atoms with Crippen molar-refractivity contribution in [2.45, 2.75) is 44.9 Å². The summed E-state index contributed by atoms with van der Waals surface area (Å²) in [6, 6.07) is 7.38. The topological polar surface area (TPSA) is 52.9 Å². The average Bonchev–Trinajstić information content (AvgIpc) is 2.94. The molecule has 112 valence electrons. The largest absolute Gasteiger partial charge is 0.508 e. The van der Waals surface area contributed by atoms with Crippen molar-refractivity contribution >= 4 is 0 Å². The highest BCUT2D eigenvalue weighted by atomic mass is 16.5. The molecule has 1 aromatic rings. The van der Waals surface area contributed by atoms with Gasteiger partial charge in [-0.25, -0.2) is 0 Å². The summed E-state index contributed by atoms with van der Waals surface area (Å²) >= 11 is 0. The van der Waals surface area contributed by atoms with Gasteiger partial charge in [0, 0.05) is 31.8 Å². The molecule has 0 aromatic heterocycles. The Morgan fingerprint density at radius 2 is 2.20 bits per heavy atom. The molecule has 2 N–H and O–H groups in total. The number of hydrogen-bond acceptors (Lipinski definition) is 4. The van der Waals surface area contributed by atoms with Gasteiger partial charge in [-0.05, 0) is 25.3 Å². The van der Waals surface area contributed by atoms with Gasteiger partial charge in [0.1, 0.15) is 5.75 Å². The van der Waals surface area contributed by atoms with Crippen LogP contribution < -0.4 is 0 Å². The number of hydrogen-bond donors (Lipinski definition) is 2. The Hall–Kier alpha value is -1.10. The van der Waals surface area contributed by atoms with Crippen LogP contribution in [-0.4, -0.2) is 47.0 Å². The van der Waals surface area contributed by atoms with Crippen LogP contribution in [0.2, 0.25) is 0 Å². The van der Waals surface area contributed by atoms with Gasteiger partial charge in [0.2, 0.25) is 0 Å². The highest BCUT2D eigenvalue weighted by Crippen LogP contribution is 2.20. The molecule has 2 atom stereocenters. The Morgan fingerprint density at radius 1 is 1.40 bits per heavy atom. The van der Waals surface area contributed by atoms with Crippen LogP contribution >= 0.6 is 0 Å². The van der Waals surface area contributed by atoms with E-state index in [4.69, 9.17) is 4.74 Å². The summed E-state index contributed by atoms with van der Waals surface area (Å²) in [6.07, 6.45) is 2.86. The fourth-order valence-corrected chi connectivity index (χ4v) is 2.59. The number of nitrogens with zero attached hydrogens (tertiary/aromatic N) is 1. The van der Waals surface area contributed by atoms with E-state index in [0.29, 0.717) is 18.8 Å². The molecule has 20 heavy (non-hydrogen) atoms. The number of aromatic hydroxyl groups is 1. The van der Waals surface area contributed by atoms with E-state index in [1.807, 2.05) is 25.1 Å². The second-order valence-electron chi connectivity index (χ2n) is 5.52. The standard InChI is InChI=1S/C16H25NO3/c1-2-14(18)11-17(12-15-7-5-9-20-15)10-13-6-3-4-8-16(13)19/h3-4,6,8,14-15,18-19H,2,5,7,9-12H2,1H3/t14-,15?/m1/s1. The van der Waals surface area contributed by atoms with Crippen molar-refractivity contribution in [2.75, 3.05) is 19.7 Å². The second-order valence-corrected chi connectivity index (χ2v) is 5.52.